The molecular weight excluding hydrogens is 444 g/mol. The molecule has 0 radical (unpaired) electrons. The van der Waals surface area contributed by atoms with Gasteiger partial charge in [0, 0.05) is 11.1 Å². The van der Waals surface area contributed by atoms with Crippen LogP contribution in [0.5, 0.6) is 11.5 Å². The van der Waals surface area contributed by atoms with E-state index in [4.69, 9.17) is 9.97 Å². The molecule has 2 aromatic heterocycles. The van der Waals surface area contributed by atoms with Crippen LogP contribution in [0.4, 0.5) is 0 Å². The Morgan fingerprint density at radius 1 is 0.528 bits per heavy atom. The SMILES string of the molecule is CC(C)(C)Cc1cc(-c2cc(CC(C)(C)C)cc(-c3ccccc3O)n2)nc(-c2ccccc2O)c1. The lowest BCUT2D eigenvalue weighted by atomic mass is 9.86. The van der Waals surface area contributed by atoms with E-state index in [1.807, 2.05) is 36.4 Å². The first-order chi connectivity index (χ1) is 16.9. The third-order valence-corrected chi connectivity index (χ3v) is 5.86. The van der Waals surface area contributed by atoms with Gasteiger partial charge in [-0.3, -0.25) is 0 Å². The zero-order valence-electron chi connectivity index (χ0n) is 22.1. The minimum Gasteiger partial charge on any atom is -0.507 e. The summed E-state index contributed by atoms with van der Waals surface area (Å²) in [4.78, 5) is 9.95. The van der Waals surface area contributed by atoms with E-state index in [1.165, 1.54) is 0 Å². The van der Waals surface area contributed by atoms with Crippen LogP contribution in [0, 0.1) is 10.8 Å². The molecule has 0 saturated heterocycles. The van der Waals surface area contributed by atoms with Gasteiger partial charge in [-0.25, -0.2) is 9.97 Å². The summed E-state index contributed by atoms with van der Waals surface area (Å²) in [5.74, 6) is 0.404. The Hall–Kier alpha value is -3.66. The van der Waals surface area contributed by atoms with Gasteiger partial charge in [-0.1, -0.05) is 65.8 Å². The second-order valence-corrected chi connectivity index (χ2v) is 12.0. The number of phenols is 2. The van der Waals surface area contributed by atoms with Crippen molar-refractivity contribution in [2.24, 2.45) is 10.8 Å². The van der Waals surface area contributed by atoms with E-state index in [0.29, 0.717) is 11.1 Å². The Morgan fingerprint density at radius 3 is 1.19 bits per heavy atom. The summed E-state index contributed by atoms with van der Waals surface area (Å²) in [6, 6.07) is 22.9. The number of nitrogens with zero attached hydrogens (tertiary/aromatic N) is 2. The van der Waals surface area contributed by atoms with Crippen LogP contribution >= 0.6 is 0 Å². The molecule has 0 spiro atoms. The van der Waals surface area contributed by atoms with Crippen molar-refractivity contribution >= 4 is 0 Å². The van der Waals surface area contributed by atoms with Gasteiger partial charge >= 0.3 is 0 Å². The molecule has 0 bridgehead atoms. The molecule has 2 aromatic carbocycles. The van der Waals surface area contributed by atoms with Gasteiger partial charge in [0.1, 0.15) is 11.5 Å². The van der Waals surface area contributed by atoms with Crippen molar-refractivity contribution in [3.63, 3.8) is 0 Å². The molecule has 2 heterocycles. The third-order valence-electron chi connectivity index (χ3n) is 5.86. The quantitative estimate of drug-likeness (QED) is 0.303. The fourth-order valence-electron chi connectivity index (χ4n) is 4.52. The van der Waals surface area contributed by atoms with Crippen molar-refractivity contribution < 1.29 is 10.2 Å². The highest BCUT2D eigenvalue weighted by molar-refractivity contribution is 5.73. The van der Waals surface area contributed by atoms with Crippen LogP contribution in [0.3, 0.4) is 0 Å². The highest BCUT2D eigenvalue weighted by Gasteiger charge is 2.19. The smallest absolute Gasteiger partial charge is 0.124 e. The van der Waals surface area contributed by atoms with Crippen molar-refractivity contribution in [2.45, 2.75) is 54.4 Å². The number of benzene rings is 2. The van der Waals surface area contributed by atoms with Crippen LogP contribution in [0.25, 0.3) is 33.9 Å². The molecule has 2 N–H and O–H groups in total. The van der Waals surface area contributed by atoms with Crippen LogP contribution < -0.4 is 0 Å². The maximum absolute atomic E-state index is 10.6. The number of hydrogen-bond acceptors (Lipinski definition) is 4. The van der Waals surface area contributed by atoms with Gasteiger partial charge in [0.25, 0.3) is 0 Å². The molecule has 4 rings (SSSR count). The number of para-hydroxylation sites is 2. The fraction of sp³-hybridized carbons (Fsp3) is 0.312. The highest BCUT2D eigenvalue weighted by Crippen LogP contribution is 2.35. The lowest BCUT2D eigenvalue weighted by Crippen LogP contribution is -2.11. The van der Waals surface area contributed by atoms with Crippen LogP contribution in [-0.4, -0.2) is 20.2 Å². The van der Waals surface area contributed by atoms with Crippen molar-refractivity contribution in [1.82, 2.24) is 9.97 Å². The fourth-order valence-corrected chi connectivity index (χ4v) is 4.52. The summed E-state index contributed by atoms with van der Waals surface area (Å²) in [6.07, 6.45) is 1.72. The molecule has 0 aliphatic carbocycles. The second-order valence-electron chi connectivity index (χ2n) is 12.0. The van der Waals surface area contributed by atoms with Gasteiger partial charge in [0.15, 0.2) is 0 Å². The van der Waals surface area contributed by atoms with Crippen molar-refractivity contribution in [3.05, 3.63) is 83.9 Å². The Balaban J connectivity index is 1.94. The largest absolute Gasteiger partial charge is 0.507 e. The zero-order valence-corrected chi connectivity index (χ0v) is 22.1. The Morgan fingerprint density at radius 2 is 0.861 bits per heavy atom. The second kappa shape index (κ2) is 9.77. The van der Waals surface area contributed by atoms with Gasteiger partial charge in [0.05, 0.1) is 22.8 Å². The summed E-state index contributed by atoms with van der Waals surface area (Å²) < 4.78 is 0. The van der Waals surface area contributed by atoms with E-state index in [1.54, 1.807) is 12.1 Å². The Bertz CT molecular complexity index is 1270. The molecule has 0 atom stereocenters. The summed E-state index contributed by atoms with van der Waals surface area (Å²) in [7, 11) is 0. The standard InChI is InChI=1S/C32H36N2O2/c1-31(2,3)19-21-15-25(23-11-7-9-13-29(23)35)33-27(17-21)28-18-22(20-32(4,5)6)16-26(34-28)24-12-8-10-14-30(24)36/h7-18,35-36H,19-20H2,1-6H3. The van der Waals surface area contributed by atoms with Gasteiger partial charge in [0.2, 0.25) is 0 Å². The molecule has 0 aliphatic rings. The van der Waals surface area contributed by atoms with Crippen LogP contribution in [0.2, 0.25) is 0 Å². The summed E-state index contributed by atoms with van der Waals surface area (Å²) >= 11 is 0. The number of phenolic OH excluding ortho intramolecular Hbond substituents is 2. The highest BCUT2D eigenvalue weighted by atomic mass is 16.3. The molecule has 0 fully saturated rings. The average Bonchev–Trinajstić information content (AvgIpc) is 2.77. The predicted molar refractivity (Wildman–Crippen MR) is 148 cm³/mol. The molecular formula is C32H36N2O2. The number of aromatic hydroxyl groups is 2. The number of rotatable bonds is 5. The molecule has 0 saturated carbocycles. The molecule has 0 aliphatic heterocycles. The first kappa shape index (κ1) is 25.4. The molecule has 0 amide bonds. The predicted octanol–water partition coefficient (Wildman–Crippen LogP) is 8.07. The van der Waals surface area contributed by atoms with Crippen molar-refractivity contribution in [3.8, 4) is 45.4 Å². The molecule has 186 valence electrons. The van der Waals surface area contributed by atoms with Gasteiger partial charge in [-0.05, 0) is 83.3 Å². The molecule has 4 nitrogen and oxygen atoms in total. The van der Waals surface area contributed by atoms with Crippen molar-refractivity contribution in [2.75, 3.05) is 0 Å². The van der Waals surface area contributed by atoms with Gasteiger partial charge in [-0.2, -0.15) is 0 Å². The molecule has 4 heteroatoms. The minimum absolute atomic E-state index is 0.0805. The molecule has 4 aromatic rings. The van der Waals surface area contributed by atoms with E-state index in [2.05, 4.69) is 65.8 Å². The van der Waals surface area contributed by atoms with E-state index in [9.17, 15) is 10.2 Å². The molecule has 0 unspecified atom stereocenters. The van der Waals surface area contributed by atoms with Crippen molar-refractivity contribution in [1.29, 1.82) is 0 Å². The third kappa shape index (κ3) is 6.31. The maximum atomic E-state index is 10.6. The topological polar surface area (TPSA) is 66.2 Å². The average molecular weight is 481 g/mol. The van der Waals surface area contributed by atoms with Gasteiger partial charge in [-0.15, -0.1) is 0 Å². The van der Waals surface area contributed by atoms with E-state index in [0.717, 1.165) is 46.7 Å². The van der Waals surface area contributed by atoms with Crippen LogP contribution in [0.15, 0.2) is 72.8 Å². The minimum atomic E-state index is 0.0805. The number of pyridine rings is 2. The summed E-state index contributed by atoms with van der Waals surface area (Å²) in [5.41, 5.74) is 6.77. The van der Waals surface area contributed by atoms with E-state index in [-0.39, 0.29) is 22.3 Å². The lowest BCUT2D eigenvalue weighted by molar-refractivity contribution is 0.410. The first-order valence-electron chi connectivity index (χ1n) is 12.5. The van der Waals surface area contributed by atoms with Gasteiger partial charge < -0.3 is 10.2 Å². The monoisotopic (exact) mass is 480 g/mol. The maximum Gasteiger partial charge on any atom is 0.124 e. The molecule has 36 heavy (non-hydrogen) atoms. The normalized spacial score (nSPS) is 12.1. The first-order valence-corrected chi connectivity index (χ1v) is 12.5. The Kier molecular flexibility index (Phi) is 6.90. The van der Waals surface area contributed by atoms with Crippen LogP contribution in [-0.2, 0) is 12.8 Å². The number of aromatic nitrogens is 2. The summed E-state index contributed by atoms with van der Waals surface area (Å²) in [5, 5.41) is 21.1. The Labute approximate surface area is 214 Å². The lowest BCUT2D eigenvalue weighted by Gasteiger charge is -2.21. The zero-order chi connectivity index (χ0) is 26.1. The number of hydrogen-bond donors (Lipinski definition) is 2. The van der Waals surface area contributed by atoms with Crippen LogP contribution in [0.1, 0.15) is 52.7 Å². The van der Waals surface area contributed by atoms with E-state index >= 15 is 0 Å². The summed E-state index contributed by atoms with van der Waals surface area (Å²) in [6.45, 7) is 13.3. The van der Waals surface area contributed by atoms with E-state index < -0.39 is 0 Å².